The van der Waals surface area contributed by atoms with Gasteiger partial charge in [0, 0.05) is 13.2 Å². The van der Waals surface area contributed by atoms with Crippen molar-refractivity contribution in [2.45, 2.75) is 19.3 Å². The summed E-state index contributed by atoms with van der Waals surface area (Å²) in [5, 5.41) is 11.3. The van der Waals surface area contributed by atoms with Gasteiger partial charge in [0.05, 0.1) is 7.11 Å². The van der Waals surface area contributed by atoms with Crippen molar-refractivity contribution in [2.24, 2.45) is 0 Å². The molecule has 0 aliphatic rings. The van der Waals surface area contributed by atoms with Gasteiger partial charge in [-0.3, -0.25) is 4.79 Å². The van der Waals surface area contributed by atoms with Crippen LogP contribution in [0.1, 0.15) is 40.2 Å². The molecule has 0 bridgehead atoms. The molecule has 1 aromatic rings. The van der Waals surface area contributed by atoms with Gasteiger partial charge in [0.2, 0.25) is 0 Å². The topological polar surface area (TPSA) is 88.5 Å². The second kappa shape index (κ2) is 8.20. The van der Waals surface area contributed by atoms with Crippen LogP contribution in [0.25, 0.3) is 0 Å². The highest BCUT2D eigenvalue weighted by Crippen LogP contribution is 2.01. The Bertz CT molecular complexity index is 434. The molecule has 0 fully saturated rings. The number of carbonyl (C=O) groups excluding carboxylic acids is 2. The standard InChI is InChI=1S/C13H18N2O4/c1-19-13(18)11-7-5-6-10(15-11)12(17)14-8-3-2-4-9-16/h5-7,16H,2-4,8-9H2,1H3,(H,14,17). The highest BCUT2D eigenvalue weighted by Gasteiger charge is 2.11. The molecule has 1 rings (SSSR count). The largest absolute Gasteiger partial charge is 0.464 e. The van der Waals surface area contributed by atoms with Gasteiger partial charge in [-0.1, -0.05) is 6.07 Å². The number of ether oxygens (including phenoxy) is 1. The average Bonchev–Trinajstić information content (AvgIpc) is 2.46. The van der Waals surface area contributed by atoms with E-state index in [1.165, 1.54) is 19.2 Å². The highest BCUT2D eigenvalue weighted by molar-refractivity contribution is 5.94. The summed E-state index contributed by atoms with van der Waals surface area (Å²) >= 11 is 0. The lowest BCUT2D eigenvalue weighted by molar-refractivity contribution is 0.0594. The van der Waals surface area contributed by atoms with Crippen LogP contribution in [0, 0.1) is 0 Å². The predicted molar refractivity (Wildman–Crippen MR) is 68.8 cm³/mol. The number of aliphatic hydroxyl groups excluding tert-OH is 1. The van der Waals surface area contributed by atoms with Crippen LogP contribution in [-0.4, -0.2) is 42.2 Å². The molecule has 0 saturated carbocycles. The number of nitrogens with zero attached hydrogens (tertiary/aromatic N) is 1. The maximum atomic E-state index is 11.8. The number of methoxy groups -OCH3 is 1. The van der Waals surface area contributed by atoms with E-state index < -0.39 is 5.97 Å². The summed E-state index contributed by atoms with van der Waals surface area (Å²) in [6, 6.07) is 4.61. The summed E-state index contributed by atoms with van der Waals surface area (Å²) in [4.78, 5) is 27.0. The smallest absolute Gasteiger partial charge is 0.356 e. The predicted octanol–water partition coefficient (Wildman–Crippen LogP) is 0.761. The average molecular weight is 266 g/mol. The molecule has 1 aromatic heterocycles. The number of aliphatic hydroxyl groups is 1. The Hall–Kier alpha value is -1.95. The van der Waals surface area contributed by atoms with Gasteiger partial charge in [-0.25, -0.2) is 9.78 Å². The number of hydrogen-bond donors (Lipinski definition) is 2. The molecule has 0 aromatic carbocycles. The molecule has 6 nitrogen and oxygen atoms in total. The van der Waals surface area contributed by atoms with Gasteiger partial charge < -0.3 is 15.2 Å². The van der Waals surface area contributed by atoms with E-state index in [0.29, 0.717) is 6.54 Å². The van der Waals surface area contributed by atoms with Crippen molar-refractivity contribution >= 4 is 11.9 Å². The van der Waals surface area contributed by atoms with E-state index in [2.05, 4.69) is 15.0 Å². The first-order valence-electron chi connectivity index (χ1n) is 6.13. The molecule has 2 N–H and O–H groups in total. The Morgan fingerprint density at radius 3 is 2.68 bits per heavy atom. The quantitative estimate of drug-likeness (QED) is 0.562. The lowest BCUT2D eigenvalue weighted by Gasteiger charge is -2.05. The first-order valence-corrected chi connectivity index (χ1v) is 6.13. The molecule has 0 aliphatic carbocycles. The number of rotatable bonds is 7. The van der Waals surface area contributed by atoms with Crippen LogP contribution in [0.4, 0.5) is 0 Å². The van der Waals surface area contributed by atoms with Gasteiger partial charge in [-0.15, -0.1) is 0 Å². The minimum Gasteiger partial charge on any atom is -0.464 e. The maximum absolute atomic E-state index is 11.8. The Morgan fingerprint density at radius 2 is 2.00 bits per heavy atom. The number of unbranched alkanes of at least 4 members (excludes halogenated alkanes) is 2. The summed E-state index contributed by atoms with van der Waals surface area (Å²) in [5.74, 6) is -0.896. The number of carbonyl (C=O) groups is 2. The zero-order valence-electron chi connectivity index (χ0n) is 10.9. The molecule has 1 heterocycles. The minimum atomic E-state index is -0.572. The number of nitrogens with one attached hydrogen (secondary N) is 1. The third-order valence-corrected chi connectivity index (χ3v) is 2.50. The van der Waals surface area contributed by atoms with Crippen molar-refractivity contribution < 1.29 is 19.4 Å². The van der Waals surface area contributed by atoms with Crippen molar-refractivity contribution in [3.63, 3.8) is 0 Å². The minimum absolute atomic E-state index is 0.107. The number of esters is 1. The number of aromatic nitrogens is 1. The second-order valence-electron chi connectivity index (χ2n) is 3.94. The fraction of sp³-hybridized carbons (Fsp3) is 0.462. The third-order valence-electron chi connectivity index (χ3n) is 2.50. The number of amides is 1. The molecule has 0 unspecified atom stereocenters. The van der Waals surface area contributed by atoms with E-state index in [0.717, 1.165) is 19.3 Å². The lowest BCUT2D eigenvalue weighted by Crippen LogP contribution is -2.26. The molecule has 104 valence electrons. The van der Waals surface area contributed by atoms with Crippen LogP contribution in [0.2, 0.25) is 0 Å². The molecule has 19 heavy (non-hydrogen) atoms. The maximum Gasteiger partial charge on any atom is 0.356 e. The van der Waals surface area contributed by atoms with Crippen LogP contribution < -0.4 is 5.32 Å². The first kappa shape index (κ1) is 15.1. The summed E-state index contributed by atoms with van der Waals surface area (Å²) in [7, 11) is 1.26. The Balaban J connectivity index is 2.50. The van der Waals surface area contributed by atoms with E-state index >= 15 is 0 Å². The Morgan fingerprint density at radius 1 is 1.26 bits per heavy atom. The van der Waals surface area contributed by atoms with Crippen LogP contribution in [0.3, 0.4) is 0 Å². The van der Waals surface area contributed by atoms with Gasteiger partial charge in [0.15, 0.2) is 0 Å². The van der Waals surface area contributed by atoms with Crippen LogP contribution >= 0.6 is 0 Å². The van der Waals surface area contributed by atoms with E-state index in [-0.39, 0.29) is 23.9 Å². The molecule has 1 amide bonds. The number of hydrogen-bond acceptors (Lipinski definition) is 5. The zero-order chi connectivity index (χ0) is 14.1. The van der Waals surface area contributed by atoms with Gasteiger partial charge in [0.1, 0.15) is 11.4 Å². The second-order valence-corrected chi connectivity index (χ2v) is 3.94. The zero-order valence-corrected chi connectivity index (χ0v) is 10.9. The Labute approximate surface area is 111 Å². The van der Waals surface area contributed by atoms with Crippen LogP contribution in [-0.2, 0) is 4.74 Å². The SMILES string of the molecule is COC(=O)c1cccc(C(=O)NCCCCCO)n1. The molecule has 0 aliphatic heterocycles. The van der Waals surface area contributed by atoms with E-state index in [1.807, 2.05) is 0 Å². The van der Waals surface area contributed by atoms with Gasteiger partial charge in [0.25, 0.3) is 5.91 Å². The molecule has 0 radical (unpaired) electrons. The molecule has 0 saturated heterocycles. The third kappa shape index (κ3) is 5.05. The van der Waals surface area contributed by atoms with Crippen molar-refractivity contribution in [3.05, 3.63) is 29.6 Å². The van der Waals surface area contributed by atoms with Crippen molar-refractivity contribution in [1.82, 2.24) is 10.3 Å². The fourth-order valence-corrected chi connectivity index (χ4v) is 1.49. The van der Waals surface area contributed by atoms with Crippen LogP contribution in [0.15, 0.2) is 18.2 Å². The van der Waals surface area contributed by atoms with Crippen molar-refractivity contribution in [2.75, 3.05) is 20.3 Å². The first-order chi connectivity index (χ1) is 9.19. The van der Waals surface area contributed by atoms with Crippen molar-refractivity contribution in [3.8, 4) is 0 Å². The molecular formula is C13H18N2O4. The van der Waals surface area contributed by atoms with E-state index in [1.54, 1.807) is 6.07 Å². The number of pyridine rings is 1. The van der Waals surface area contributed by atoms with Crippen molar-refractivity contribution in [1.29, 1.82) is 0 Å². The summed E-state index contributed by atoms with van der Waals surface area (Å²) in [6.45, 7) is 0.680. The molecule has 6 heteroatoms. The normalized spacial score (nSPS) is 10.0. The van der Waals surface area contributed by atoms with E-state index in [9.17, 15) is 9.59 Å². The van der Waals surface area contributed by atoms with Gasteiger partial charge in [-0.2, -0.15) is 0 Å². The van der Waals surface area contributed by atoms with E-state index in [4.69, 9.17) is 5.11 Å². The summed E-state index contributed by atoms with van der Waals surface area (Å²) in [6.07, 6.45) is 2.38. The monoisotopic (exact) mass is 266 g/mol. The lowest BCUT2D eigenvalue weighted by atomic mass is 10.2. The van der Waals surface area contributed by atoms with Gasteiger partial charge >= 0.3 is 5.97 Å². The van der Waals surface area contributed by atoms with Gasteiger partial charge in [-0.05, 0) is 31.4 Å². The van der Waals surface area contributed by atoms with Crippen LogP contribution in [0.5, 0.6) is 0 Å². The molecule has 0 spiro atoms. The molecule has 0 atom stereocenters. The fourth-order valence-electron chi connectivity index (χ4n) is 1.49. The molecular weight excluding hydrogens is 248 g/mol. The highest BCUT2D eigenvalue weighted by atomic mass is 16.5. The summed E-state index contributed by atoms with van der Waals surface area (Å²) in [5.41, 5.74) is 0.292. The summed E-state index contributed by atoms with van der Waals surface area (Å²) < 4.78 is 4.54. The Kier molecular flexibility index (Phi) is 6.52.